The van der Waals surface area contributed by atoms with Crippen molar-refractivity contribution in [3.63, 3.8) is 0 Å². The predicted molar refractivity (Wildman–Crippen MR) is 137 cm³/mol. The maximum atomic E-state index is 13.3. The van der Waals surface area contributed by atoms with E-state index in [0.717, 1.165) is 27.9 Å². The van der Waals surface area contributed by atoms with Crippen LogP contribution in [0, 0.1) is 5.82 Å². The minimum atomic E-state index is -0.468. The fourth-order valence-corrected chi connectivity index (χ4v) is 3.75. The molecule has 0 aliphatic heterocycles. The Kier molecular flexibility index (Phi) is 7.73. The van der Waals surface area contributed by atoms with Gasteiger partial charge in [-0.15, -0.1) is 0 Å². The summed E-state index contributed by atoms with van der Waals surface area (Å²) in [6.07, 6.45) is 4.82. The van der Waals surface area contributed by atoms with Gasteiger partial charge in [0.2, 0.25) is 0 Å². The van der Waals surface area contributed by atoms with Gasteiger partial charge in [0.1, 0.15) is 17.3 Å². The number of hydrogen-bond acceptors (Lipinski definition) is 7. The standard InChI is InChI=1S/C25H27FN8O2/c1-28-34(12-11-27)19-9-5-17(6-10-19)24-20-14-29-23(13-21(20)32-33-24)31-25(35)30-22(15-36-2)16-3-7-18(26)8-4-16/h3-14,22,28H,15,27H2,1-2H3,(H,32,33)(H2,29,30,31,35)/b12-11-/t22-/m1/s1. The SMILES string of the molecule is CNN(/C=C\N)c1ccc(-c2n[nH]c3cc(NC(=O)N[C@H](COC)c4ccc(F)cc4)ncc23)cc1. The number of fused-ring (bicyclic) bond motifs is 1. The van der Waals surface area contributed by atoms with Gasteiger partial charge in [0.05, 0.1) is 23.9 Å². The van der Waals surface area contributed by atoms with Crippen molar-refractivity contribution in [2.45, 2.75) is 6.04 Å². The van der Waals surface area contributed by atoms with Crippen LogP contribution in [0.4, 0.5) is 20.7 Å². The third-order valence-electron chi connectivity index (χ3n) is 5.49. The van der Waals surface area contributed by atoms with E-state index in [1.54, 1.807) is 42.7 Å². The summed E-state index contributed by atoms with van der Waals surface area (Å²) in [6.45, 7) is 0.225. The van der Waals surface area contributed by atoms with Crippen LogP contribution in [0.3, 0.4) is 0 Å². The van der Waals surface area contributed by atoms with Crippen molar-refractivity contribution >= 4 is 28.4 Å². The lowest BCUT2D eigenvalue weighted by atomic mass is 10.1. The average molecular weight is 491 g/mol. The number of nitrogens with zero attached hydrogens (tertiary/aromatic N) is 3. The molecule has 4 aromatic rings. The molecule has 186 valence electrons. The van der Waals surface area contributed by atoms with Gasteiger partial charge in [-0.1, -0.05) is 24.3 Å². The zero-order valence-corrected chi connectivity index (χ0v) is 19.8. The molecule has 6 N–H and O–H groups in total. The summed E-state index contributed by atoms with van der Waals surface area (Å²) in [5.74, 6) is -0.00511. The highest BCUT2D eigenvalue weighted by molar-refractivity contribution is 5.96. The predicted octanol–water partition coefficient (Wildman–Crippen LogP) is 3.64. The van der Waals surface area contributed by atoms with Crippen LogP contribution >= 0.6 is 0 Å². The second kappa shape index (κ2) is 11.3. The molecule has 0 unspecified atom stereocenters. The number of aromatic nitrogens is 3. The highest BCUT2D eigenvalue weighted by Crippen LogP contribution is 2.28. The minimum Gasteiger partial charge on any atom is -0.403 e. The zero-order valence-electron chi connectivity index (χ0n) is 19.8. The number of carbonyl (C=O) groups excluding carboxylic acids is 1. The average Bonchev–Trinajstić information content (AvgIpc) is 3.31. The number of amides is 2. The number of H-pyrrole nitrogens is 1. The van der Waals surface area contributed by atoms with Crippen LogP contribution in [0.25, 0.3) is 22.2 Å². The van der Waals surface area contributed by atoms with Gasteiger partial charge in [-0.2, -0.15) is 5.10 Å². The molecule has 0 fully saturated rings. The first-order chi connectivity index (χ1) is 17.5. The molecular formula is C25H27FN8O2. The minimum absolute atomic E-state index is 0.225. The number of aromatic amines is 1. The molecule has 0 radical (unpaired) electrons. The molecule has 10 nitrogen and oxygen atoms in total. The van der Waals surface area contributed by atoms with Gasteiger partial charge in [-0.25, -0.2) is 19.6 Å². The molecule has 11 heteroatoms. The summed E-state index contributed by atoms with van der Waals surface area (Å²) in [5, 5.41) is 15.6. The molecule has 36 heavy (non-hydrogen) atoms. The molecule has 4 rings (SSSR count). The molecule has 2 aromatic heterocycles. The Morgan fingerprint density at radius 1 is 1.22 bits per heavy atom. The van der Waals surface area contributed by atoms with Crippen LogP contribution in [0.15, 0.2) is 73.2 Å². The number of hydrazine groups is 1. The normalized spacial score (nSPS) is 12.1. The first kappa shape index (κ1) is 24.6. The third-order valence-corrected chi connectivity index (χ3v) is 5.49. The highest BCUT2D eigenvalue weighted by Gasteiger charge is 2.16. The van der Waals surface area contributed by atoms with Crippen molar-refractivity contribution in [2.24, 2.45) is 5.73 Å². The molecule has 0 aliphatic carbocycles. The highest BCUT2D eigenvalue weighted by atomic mass is 19.1. The Hall–Kier alpha value is -4.48. The van der Waals surface area contributed by atoms with Crippen molar-refractivity contribution in [2.75, 3.05) is 31.1 Å². The van der Waals surface area contributed by atoms with Crippen molar-refractivity contribution < 1.29 is 13.9 Å². The molecule has 2 heterocycles. The topological polar surface area (TPSA) is 133 Å². The largest absolute Gasteiger partial charge is 0.403 e. The molecule has 0 spiro atoms. The smallest absolute Gasteiger partial charge is 0.320 e. The maximum Gasteiger partial charge on any atom is 0.320 e. The quantitative estimate of drug-likeness (QED) is 0.226. The summed E-state index contributed by atoms with van der Waals surface area (Å²) in [7, 11) is 3.33. The number of halogens is 1. The zero-order chi connectivity index (χ0) is 25.5. The Morgan fingerprint density at radius 3 is 2.64 bits per heavy atom. The summed E-state index contributed by atoms with van der Waals surface area (Å²) >= 11 is 0. The van der Waals surface area contributed by atoms with E-state index in [1.807, 2.05) is 24.3 Å². The van der Waals surface area contributed by atoms with E-state index in [0.29, 0.717) is 11.3 Å². The van der Waals surface area contributed by atoms with Gasteiger partial charge in [0.25, 0.3) is 0 Å². The summed E-state index contributed by atoms with van der Waals surface area (Å²) in [5.41, 5.74) is 12.5. The molecule has 0 bridgehead atoms. The van der Waals surface area contributed by atoms with E-state index in [9.17, 15) is 9.18 Å². The number of nitrogens with two attached hydrogens (primary N) is 1. The number of hydrogen-bond donors (Lipinski definition) is 5. The van der Waals surface area contributed by atoms with Crippen LogP contribution in [0.5, 0.6) is 0 Å². The van der Waals surface area contributed by atoms with E-state index >= 15 is 0 Å². The fraction of sp³-hybridized carbons (Fsp3) is 0.160. The molecule has 2 aromatic carbocycles. The number of urea groups is 1. The second-order valence-corrected chi connectivity index (χ2v) is 7.83. The van der Waals surface area contributed by atoms with E-state index in [4.69, 9.17) is 10.5 Å². The number of benzene rings is 2. The number of rotatable bonds is 9. The lowest BCUT2D eigenvalue weighted by Gasteiger charge is -2.18. The number of carbonyl (C=O) groups is 1. The van der Waals surface area contributed by atoms with Gasteiger partial charge >= 0.3 is 6.03 Å². The number of nitrogens with one attached hydrogen (secondary N) is 4. The Balaban J connectivity index is 1.48. The molecule has 1 atom stereocenters. The summed E-state index contributed by atoms with van der Waals surface area (Å²) in [6, 6.07) is 14.4. The van der Waals surface area contributed by atoms with Gasteiger partial charge < -0.3 is 15.8 Å². The van der Waals surface area contributed by atoms with Gasteiger partial charge in [-0.05, 0) is 29.8 Å². The summed E-state index contributed by atoms with van der Waals surface area (Å²) in [4.78, 5) is 17.0. The van der Waals surface area contributed by atoms with Crippen molar-refractivity contribution in [3.05, 3.63) is 84.6 Å². The lowest BCUT2D eigenvalue weighted by Crippen LogP contribution is -2.35. The Bertz CT molecular complexity index is 1340. The van der Waals surface area contributed by atoms with E-state index in [2.05, 4.69) is 31.2 Å². The van der Waals surface area contributed by atoms with E-state index in [1.165, 1.54) is 25.4 Å². The van der Waals surface area contributed by atoms with Gasteiger partial charge in [-0.3, -0.25) is 15.4 Å². The molecule has 0 saturated carbocycles. The molecule has 0 aliphatic rings. The Morgan fingerprint density at radius 2 is 1.97 bits per heavy atom. The molecule has 2 amide bonds. The van der Waals surface area contributed by atoms with Crippen LogP contribution in [-0.2, 0) is 4.74 Å². The molecular weight excluding hydrogens is 463 g/mol. The maximum absolute atomic E-state index is 13.3. The van der Waals surface area contributed by atoms with Crippen molar-refractivity contribution in [3.8, 4) is 11.3 Å². The first-order valence-corrected chi connectivity index (χ1v) is 11.1. The number of methoxy groups -OCH3 is 1. The lowest BCUT2D eigenvalue weighted by molar-refractivity contribution is 0.168. The number of anilines is 2. The van der Waals surface area contributed by atoms with Crippen LogP contribution in [0.2, 0.25) is 0 Å². The van der Waals surface area contributed by atoms with Crippen LogP contribution in [0.1, 0.15) is 11.6 Å². The third kappa shape index (κ3) is 5.59. The van der Waals surface area contributed by atoms with Gasteiger partial charge in [0, 0.05) is 49.8 Å². The second-order valence-electron chi connectivity index (χ2n) is 7.83. The molecule has 0 saturated heterocycles. The fourth-order valence-electron chi connectivity index (χ4n) is 3.75. The van der Waals surface area contributed by atoms with Crippen molar-refractivity contribution in [1.29, 1.82) is 0 Å². The van der Waals surface area contributed by atoms with Crippen molar-refractivity contribution in [1.82, 2.24) is 25.9 Å². The van der Waals surface area contributed by atoms with E-state index < -0.39 is 12.1 Å². The first-order valence-electron chi connectivity index (χ1n) is 11.1. The van der Waals surface area contributed by atoms with Crippen LogP contribution in [-0.4, -0.2) is 42.0 Å². The number of ether oxygens (including phenoxy) is 1. The van der Waals surface area contributed by atoms with Gasteiger partial charge in [0.15, 0.2) is 0 Å². The van der Waals surface area contributed by atoms with Crippen LogP contribution < -0.4 is 26.8 Å². The summed E-state index contributed by atoms with van der Waals surface area (Å²) < 4.78 is 18.5. The Labute approximate surface area is 207 Å². The monoisotopic (exact) mass is 490 g/mol. The van der Waals surface area contributed by atoms with E-state index in [-0.39, 0.29) is 12.4 Å². The number of pyridine rings is 1.